The van der Waals surface area contributed by atoms with Crippen LogP contribution in [0.2, 0.25) is 0 Å². The van der Waals surface area contributed by atoms with Gasteiger partial charge in [-0.3, -0.25) is 10.1 Å². The molecule has 10 heteroatoms. The van der Waals surface area contributed by atoms with E-state index in [0.29, 0.717) is 16.0 Å². The van der Waals surface area contributed by atoms with Crippen molar-refractivity contribution in [1.82, 2.24) is 10.2 Å². The number of benzene rings is 2. The van der Waals surface area contributed by atoms with E-state index in [2.05, 4.69) is 26.1 Å². The Labute approximate surface area is 188 Å². The Morgan fingerprint density at radius 2 is 1.93 bits per heavy atom. The number of amides is 1. The highest BCUT2D eigenvalue weighted by atomic mass is 32.2. The molecule has 1 amide bonds. The minimum atomic E-state index is -0.303. The number of anilines is 3. The standard InChI is InChI=1S/C20H21N5O2S3/c1-12(18(26)23-20-25-24-13(2)30-20)29-15-8-6-7-14(11-15)21-19(28)22-16-9-4-5-10-17(16)27-3/h4-12H,1-3H3,(H2,21,22,28)(H,23,25,26). The first-order chi connectivity index (χ1) is 14.4. The summed E-state index contributed by atoms with van der Waals surface area (Å²) in [6.45, 7) is 3.69. The molecule has 1 atom stereocenters. The number of thioether (sulfide) groups is 1. The Morgan fingerprint density at radius 3 is 2.67 bits per heavy atom. The Hall–Kier alpha value is -2.69. The van der Waals surface area contributed by atoms with Crippen LogP contribution in [0.3, 0.4) is 0 Å². The normalized spacial score (nSPS) is 11.4. The molecule has 30 heavy (non-hydrogen) atoms. The van der Waals surface area contributed by atoms with Gasteiger partial charge in [-0.1, -0.05) is 29.5 Å². The average Bonchev–Trinajstić information content (AvgIpc) is 3.13. The third-order valence-electron chi connectivity index (χ3n) is 3.89. The van der Waals surface area contributed by atoms with Gasteiger partial charge in [-0.2, -0.15) is 0 Å². The highest BCUT2D eigenvalue weighted by Gasteiger charge is 2.16. The molecule has 0 aliphatic carbocycles. The van der Waals surface area contributed by atoms with Crippen LogP contribution < -0.4 is 20.7 Å². The first kappa shape index (κ1) is 22.0. The van der Waals surface area contributed by atoms with E-state index in [1.165, 1.54) is 23.1 Å². The van der Waals surface area contributed by atoms with Gasteiger partial charge in [0, 0.05) is 10.6 Å². The molecule has 2 aromatic carbocycles. The van der Waals surface area contributed by atoms with Crippen LogP contribution in [0.25, 0.3) is 0 Å². The molecule has 1 unspecified atom stereocenters. The quantitative estimate of drug-likeness (QED) is 0.344. The number of ether oxygens (including phenoxy) is 1. The monoisotopic (exact) mass is 459 g/mol. The molecule has 0 saturated heterocycles. The predicted molar refractivity (Wildman–Crippen MR) is 128 cm³/mol. The van der Waals surface area contributed by atoms with E-state index in [0.717, 1.165) is 21.3 Å². The molecule has 0 spiro atoms. The van der Waals surface area contributed by atoms with Gasteiger partial charge in [-0.25, -0.2) is 0 Å². The summed E-state index contributed by atoms with van der Waals surface area (Å²) in [5.74, 6) is 0.583. The van der Waals surface area contributed by atoms with Crippen LogP contribution in [0.5, 0.6) is 5.75 Å². The van der Waals surface area contributed by atoms with E-state index in [1.54, 1.807) is 7.11 Å². The summed E-state index contributed by atoms with van der Waals surface area (Å²) in [4.78, 5) is 13.3. The molecule has 3 rings (SSSR count). The number of methoxy groups -OCH3 is 1. The topological polar surface area (TPSA) is 88.2 Å². The van der Waals surface area contributed by atoms with Crippen LogP contribution in [-0.4, -0.2) is 33.6 Å². The fourth-order valence-corrected chi connectivity index (χ4v) is 4.24. The van der Waals surface area contributed by atoms with Crippen molar-refractivity contribution in [2.45, 2.75) is 24.0 Å². The van der Waals surface area contributed by atoms with Crippen LogP contribution in [0.4, 0.5) is 16.5 Å². The summed E-state index contributed by atoms with van der Waals surface area (Å²) in [6, 6.07) is 15.3. The number of carbonyl (C=O) groups excluding carboxylic acids is 1. The molecule has 1 heterocycles. The molecule has 0 radical (unpaired) electrons. The fourth-order valence-electron chi connectivity index (χ4n) is 2.49. The first-order valence-electron chi connectivity index (χ1n) is 9.03. The molecule has 0 aliphatic heterocycles. The lowest BCUT2D eigenvalue weighted by molar-refractivity contribution is -0.115. The van der Waals surface area contributed by atoms with Gasteiger partial charge < -0.3 is 15.4 Å². The molecule has 0 bridgehead atoms. The lowest BCUT2D eigenvalue weighted by atomic mass is 10.3. The molecule has 7 nitrogen and oxygen atoms in total. The van der Waals surface area contributed by atoms with Crippen molar-refractivity contribution in [3.8, 4) is 5.75 Å². The largest absolute Gasteiger partial charge is 0.495 e. The first-order valence-corrected chi connectivity index (χ1v) is 11.1. The van der Waals surface area contributed by atoms with Crippen molar-refractivity contribution in [2.75, 3.05) is 23.1 Å². The Balaban J connectivity index is 1.58. The molecule has 156 valence electrons. The second-order valence-electron chi connectivity index (χ2n) is 6.18. The molecule has 0 fully saturated rings. The number of thiocarbonyl (C=S) groups is 1. The summed E-state index contributed by atoms with van der Waals surface area (Å²) in [6.07, 6.45) is 0. The van der Waals surface area contributed by atoms with Gasteiger partial charge in [0.2, 0.25) is 11.0 Å². The van der Waals surface area contributed by atoms with Crippen LogP contribution in [0.1, 0.15) is 11.9 Å². The van der Waals surface area contributed by atoms with Gasteiger partial charge in [0.15, 0.2) is 5.11 Å². The average molecular weight is 460 g/mol. The van der Waals surface area contributed by atoms with Crippen molar-refractivity contribution in [3.63, 3.8) is 0 Å². The van der Waals surface area contributed by atoms with E-state index in [9.17, 15) is 4.79 Å². The maximum atomic E-state index is 12.4. The molecule has 0 aliphatic rings. The minimum absolute atomic E-state index is 0.122. The number of nitrogens with zero attached hydrogens (tertiary/aromatic N) is 2. The van der Waals surface area contributed by atoms with Crippen LogP contribution in [0.15, 0.2) is 53.4 Å². The van der Waals surface area contributed by atoms with Gasteiger partial charge in [0.1, 0.15) is 10.8 Å². The summed E-state index contributed by atoms with van der Waals surface area (Å²) < 4.78 is 5.33. The molecule has 0 saturated carbocycles. The number of nitrogens with one attached hydrogen (secondary N) is 3. The lowest BCUT2D eigenvalue weighted by Gasteiger charge is -2.14. The number of aryl methyl sites for hydroxylation is 1. The zero-order valence-corrected chi connectivity index (χ0v) is 19.1. The maximum Gasteiger partial charge on any atom is 0.239 e. The van der Waals surface area contributed by atoms with Gasteiger partial charge in [-0.15, -0.1) is 22.0 Å². The molecule has 3 aromatic rings. The highest BCUT2D eigenvalue weighted by molar-refractivity contribution is 8.00. The number of aromatic nitrogens is 2. The van der Waals surface area contributed by atoms with Crippen molar-refractivity contribution < 1.29 is 9.53 Å². The summed E-state index contributed by atoms with van der Waals surface area (Å²) in [5, 5.41) is 18.4. The van der Waals surface area contributed by atoms with Crippen molar-refractivity contribution in [2.24, 2.45) is 0 Å². The van der Waals surface area contributed by atoms with Crippen molar-refractivity contribution in [3.05, 3.63) is 53.5 Å². The maximum absolute atomic E-state index is 12.4. The summed E-state index contributed by atoms with van der Waals surface area (Å²) in [7, 11) is 1.61. The van der Waals surface area contributed by atoms with E-state index in [4.69, 9.17) is 17.0 Å². The number of hydrogen-bond donors (Lipinski definition) is 3. The van der Waals surface area contributed by atoms with E-state index >= 15 is 0 Å². The van der Waals surface area contributed by atoms with Gasteiger partial charge in [0.25, 0.3) is 0 Å². The summed E-state index contributed by atoms with van der Waals surface area (Å²) >= 11 is 8.21. The zero-order valence-electron chi connectivity index (χ0n) is 16.6. The van der Waals surface area contributed by atoms with E-state index in [1.807, 2.05) is 62.4 Å². The SMILES string of the molecule is COc1ccccc1NC(=S)Nc1cccc(SC(C)C(=O)Nc2nnc(C)s2)c1. The smallest absolute Gasteiger partial charge is 0.239 e. The number of para-hydroxylation sites is 2. The molecular weight excluding hydrogens is 438 g/mol. The number of hydrogen-bond acceptors (Lipinski definition) is 7. The Kier molecular flexibility index (Phi) is 7.61. The van der Waals surface area contributed by atoms with Gasteiger partial charge >= 0.3 is 0 Å². The third-order valence-corrected chi connectivity index (χ3v) is 5.94. The molecular formula is C20H21N5O2S3. The van der Waals surface area contributed by atoms with Crippen molar-refractivity contribution >= 4 is 62.8 Å². The summed E-state index contributed by atoms with van der Waals surface area (Å²) in [5.41, 5.74) is 1.60. The van der Waals surface area contributed by atoms with Crippen LogP contribution in [-0.2, 0) is 4.79 Å². The van der Waals surface area contributed by atoms with Gasteiger partial charge in [-0.05, 0) is 56.4 Å². The number of carbonyl (C=O) groups is 1. The van der Waals surface area contributed by atoms with Crippen molar-refractivity contribution in [1.29, 1.82) is 0 Å². The zero-order chi connectivity index (χ0) is 21.5. The van der Waals surface area contributed by atoms with Crippen LogP contribution >= 0.6 is 35.3 Å². The second kappa shape index (κ2) is 10.4. The van der Waals surface area contributed by atoms with E-state index < -0.39 is 0 Å². The second-order valence-corrected chi connectivity index (χ2v) is 9.19. The predicted octanol–water partition coefficient (Wildman–Crippen LogP) is 4.78. The Morgan fingerprint density at radius 1 is 1.13 bits per heavy atom. The molecule has 1 aromatic heterocycles. The lowest BCUT2D eigenvalue weighted by Crippen LogP contribution is -2.22. The number of rotatable bonds is 7. The minimum Gasteiger partial charge on any atom is -0.495 e. The fraction of sp³-hybridized carbons (Fsp3) is 0.200. The van der Waals surface area contributed by atoms with E-state index in [-0.39, 0.29) is 11.2 Å². The highest BCUT2D eigenvalue weighted by Crippen LogP contribution is 2.28. The van der Waals surface area contributed by atoms with Gasteiger partial charge in [0.05, 0.1) is 18.0 Å². The Bertz CT molecular complexity index is 1040. The third kappa shape index (κ3) is 6.15. The molecule has 3 N–H and O–H groups in total. The van der Waals surface area contributed by atoms with Crippen LogP contribution in [0, 0.1) is 6.92 Å².